The van der Waals surface area contributed by atoms with Crippen LogP contribution in [0.15, 0.2) is 29.9 Å². The Morgan fingerprint density at radius 2 is 2.29 bits per heavy atom. The van der Waals surface area contributed by atoms with E-state index in [1.54, 1.807) is 23.8 Å². The Morgan fingerprint density at radius 1 is 1.48 bits per heavy atom. The first-order chi connectivity index (χ1) is 10.1. The molecule has 0 fully saturated rings. The number of thiazole rings is 1. The first kappa shape index (κ1) is 15.4. The first-order valence-corrected chi connectivity index (χ1v) is 7.45. The predicted molar refractivity (Wildman–Crippen MR) is 81.5 cm³/mol. The maximum absolute atomic E-state index is 11.2. The molecule has 0 aliphatic rings. The normalized spacial score (nSPS) is 10.8. The molecule has 1 aromatic heterocycles. The zero-order valence-electron chi connectivity index (χ0n) is 11.9. The summed E-state index contributed by atoms with van der Waals surface area (Å²) in [5.41, 5.74) is 2.55. The van der Waals surface area contributed by atoms with Crippen molar-refractivity contribution in [2.45, 2.75) is 33.0 Å². The molecule has 0 radical (unpaired) electrons. The van der Waals surface area contributed by atoms with Gasteiger partial charge in [0, 0.05) is 24.8 Å². The molecule has 0 unspecified atom stereocenters. The van der Waals surface area contributed by atoms with Crippen LogP contribution in [0.1, 0.15) is 24.3 Å². The summed E-state index contributed by atoms with van der Waals surface area (Å²) >= 11 is 1.45. The van der Waals surface area contributed by atoms with Gasteiger partial charge in [0.2, 0.25) is 0 Å². The highest BCUT2D eigenvalue weighted by Gasteiger charge is 2.16. The molecule has 2 rings (SSSR count). The molecule has 0 aliphatic carbocycles. The van der Waals surface area contributed by atoms with Crippen LogP contribution < -0.4 is 10.1 Å². The Morgan fingerprint density at radius 3 is 2.90 bits per heavy atom. The number of nitro benzene ring substituents is 1. The van der Waals surface area contributed by atoms with E-state index >= 15 is 0 Å². The SMILES string of the molecule is CC(C)NCc1ccc(OCc2cncs2)c([N+](=O)[O-])c1. The van der Waals surface area contributed by atoms with Crippen LogP contribution in [-0.4, -0.2) is 15.9 Å². The van der Waals surface area contributed by atoms with Crippen LogP contribution in [0.4, 0.5) is 5.69 Å². The molecule has 0 saturated heterocycles. The fraction of sp³-hybridized carbons (Fsp3) is 0.357. The monoisotopic (exact) mass is 307 g/mol. The van der Waals surface area contributed by atoms with Gasteiger partial charge in [0.25, 0.3) is 0 Å². The average molecular weight is 307 g/mol. The lowest BCUT2D eigenvalue weighted by atomic mass is 10.2. The Hall–Kier alpha value is -1.99. The Bertz CT molecular complexity index is 600. The molecular weight excluding hydrogens is 290 g/mol. The van der Waals surface area contributed by atoms with Crippen molar-refractivity contribution in [3.8, 4) is 5.75 Å². The van der Waals surface area contributed by atoms with Crippen LogP contribution in [0, 0.1) is 10.1 Å². The molecule has 0 atom stereocenters. The molecule has 1 aromatic carbocycles. The number of nitrogens with one attached hydrogen (secondary N) is 1. The highest BCUT2D eigenvalue weighted by Crippen LogP contribution is 2.29. The van der Waals surface area contributed by atoms with E-state index in [4.69, 9.17) is 4.74 Å². The second kappa shape index (κ2) is 7.14. The first-order valence-electron chi connectivity index (χ1n) is 6.57. The lowest BCUT2D eigenvalue weighted by Gasteiger charge is -2.10. The van der Waals surface area contributed by atoms with Crippen LogP contribution in [0.25, 0.3) is 0 Å². The summed E-state index contributed by atoms with van der Waals surface area (Å²) in [6.07, 6.45) is 1.69. The summed E-state index contributed by atoms with van der Waals surface area (Å²) in [4.78, 5) is 15.6. The minimum absolute atomic E-state index is 0.0115. The Balaban J connectivity index is 2.11. The third-order valence-corrected chi connectivity index (χ3v) is 3.54. The number of benzene rings is 1. The van der Waals surface area contributed by atoms with Crippen molar-refractivity contribution < 1.29 is 9.66 Å². The number of rotatable bonds is 7. The molecule has 0 bridgehead atoms. The molecule has 1 heterocycles. The highest BCUT2D eigenvalue weighted by molar-refractivity contribution is 7.09. The minimum Gasteiger partial charge on any atom is -0.481 e. The van der Waals surface area contributed by atoms with Gasteiger partial charge in [-0.25, -0.2) is 0 Å². The third-order valence-electron chi connectivity index (χ3n) is 2.79. The summed E-state index contributed by atoms with van der Waals surface area (Å²) in [6.45, 7) is 4.94. The van der Waals surface area contributed by atoms with Gasteiger partial charge < -0.3 is 10.1 Å². The third kappa shape index (κ3) is 4.51. The van der Waals surface area contributed by atoms with Gasteiger partial charge in [-0.3, -0.25) is 15.1 Å². The van der Waals surface area contributed by atoms with Crippen molar-refractivity contribution in [2.24, 2.45) is 0 Å². The van der Waals surface area contributed by atoms with E-state index in [9.17, 15) is 10.1 Å². The Kier molecular flexibility index (Phi) is 5.24. The van der Waals surface area contributed by atoms with E-state index in [0.717, 1.165) is 10.4 Å². The molecule has 7 heteroatoms. The minimum atomic E-state index is -0.416. The summed E-state index contributed by atoms with van der Waals surface area (Å²) in [5.74, 6) is 0.279. The van der Waals surface area contributed by atoms with E-state index in [2.05, 4.69) is 10.3 Å². The van der Waals surface area contributed by atoms with Gasteiger partial charge >= 0.3 is 5.69 Å². The van der Waals surface area contributed by atoms with Crippen molar-refractivity contribution in [3.05, 3.63) is 50.5 Å². The standard InChI is InChI=1S/C14H17N3O3S/c1-10(2)16-6-11-3-4-14(13(5-11)17(18)19)20-8-12-7-15-9-21-12/h3-5,7,9-10,16H,6,8H2,1-2H3. The van der Waals surface area contributed by atoms with Gasteiger partial charge in [0.05, 0.1) is 15.3 Å². The van der Waals surface area contributed by atoms with E-state index < -0.39 is 4.92 Å². The maximum Gasteiger partial charge on any atom is 0.311 e. The fourth-order valence-electron chi connectivity index (χ4n) is 1.72. The van der Waals surface area contributed by atoms with Gasteiger partial charge in [-0.1, -0.05) is 19.9 Å². The van der Waals surface area contributed by atoms with E-state index in [1.165, 1.54) is 11.3 Å². The lowest BCUT2D eigenvalue weighted by Crippen LogP contribution is -2.21. The fourth-order valence-corrected chi connectivity index (χ4v) is 2.23. The molecule has 21 heavy (non-hydrogen) atoms. The van der Waals surface area contributed by atoms with Gasteiger partial charge in [-0.2, -0.15) is 0 Å². The van der Waals surface area contributed by atoms with Crippen LogP contribution in [-0.2, 0) is 13.2 Å². The second-order valence-corrected chi connectivity index (χ2v) is 5.82. The zero-order valence-corrected chi connectivity index (χ0v) is 12.7. The van der Waals surface area contributed by atoms with Crippen molar-refractivity contribution in [2.75, 3.05) is 0 Å². The number of hydrogen-bond acceptors (Lipinski definition) is 6. The van der Waals surface area contributed by atoms with Crippen molar-refractivity contribution in [1.82, 2.24) is 10.3 Å². The molecular formula is C14H17N3O3S. The number of nitro groups is 1. The van der Waals surface area contributed by atoms with E-state index in [-0.39, 0.29) is 18.0 Å². The summed E-state index contributed by atoms with van der Waals surface area (Å²) < 4.78 is 5.53. The van der Waals surface area contributed by atoms with E-state index in [0.29, 0.717) is 12.6 Å². The molecule has 0 amide bonds. The smallest absolute Gasteiger partial charge is 0.311 e. The Labute approximate surface area is 126 Å². The predicted octanol–water partition coefficient (Wildman–Crippen LogP) is 3.13. The zero-order chi connectivity index (χ0) is 15.2. The number of ether oxygens (including phenoxy) is 1. The number of nitrogens with zero attached hydrogens (tertiary/aromatic N) is 2. The van der Waals surface area contributed by atoms with Crippen molar-refractivity contribution in [1.29, 1.82) is 0 Å². The van der Waals surface area contributed by atoms with Crippen LogP contribution >= 0.6 is 11.3 Å². The summed E-state index contributed by atoms with van der Waals surface area (Å²) in [6, 6.07) is 5.37. The number of hydrogen-bond donors (Lipinski definition) is 1. The second-order valence-electron chi connectivity index (χ2n) is 4.85. The van der Waals surface area contributed by atoms with Crippen molar-refractivity contribution >= 4 is 17.0 Å². The van der Waals surface area contributed by atoms with Gasteiger partial charge in [-0.15, -0.1) is 11.3 Å². The molecule has 2 aromatic rings. The van der Waals surface area contributed by atoms with Gasteiger partial charge in [0.1, 0.15) is 6.61 Å². The topological polar surface area (TPSA) is 77.3 Å². The van der Waals surface area contributed by atoms with Crippen molar-refractivity contribution in [3.63, 3.8) is 0 Å². The quantitative estimate of drug-likeness (QED) is 0.628. The molecule has 112 valence electrons. The lowest BCUT2D eigenvalue weighted by molar-refractivity contribution is -0.386. The summed E-state index contributed by atoms with van der Waals surface area (Å²) in [5, 5.41) is 14.4. The van der Waals surface area contributed by atoms with Crippen LogP contribution in [0.3, 0.4) is 0 Å². The molecule has 0 saturated carbocycles. The number of aromatic nitrogens is 1. The van der Waals surface area contributed by atoms with Crippen LogP contribution in [0.2, 0.25) is 0 Å². The van der Waals surface area contributed by atoms with Gasteiger partial charge in [0.15, 0.2) is 5.75 Å². The molecule has 0 aliphatic heterocycles. The van der Waals surface area contributed by atoms with E-state index in [1.807, 2.05) is 19.9 Å². The highest BCUT2D eigenvalue weighted by atomic mass is 32.1. The summed E-state index contributed by atoms with van der Waals surface area (Å²) in [7, 11) is 0. The van der Waals surface area contributed by atoms with Gasteiger partial charge in [-0.05, 0) is 11.6 Å². The molecule has 6 nitrogen and oxygen atoms in total. The average Bonchev–Trinajstić information content (AvgIpc) is 2.96. The molecule has 1 N–H and O–H groups in total. The maximum atomic E-state index is 11.2. The molecule has 0 spiro atoms. The van der Waals surface area contributed by atoms with Crippen LogP contribution in [0.5, 0.6) is 5.75 Å². The largest absolute Gasteiger partial charge is 0.481 e.